The predicted octanol–water partition coefficient (Wildman–Crippen LogP) is 6.19. The number of halogens is 2. The molecule has 7 heteroatoms. The molecule has 1 N–H and O–H groups in total. The highest BCUT2D eigenvalue weighted by Crippen LogP contribution is 2.33. The van der Waals surface area contributed by atoms with E-state index in [1.165, 1.54) is 6.07 Å². The van der Waals surface area contributed by atoms with Crippen molar-refractivity contribution in [2.75, 3.05) is 6.61 Å². The van der Waals surface area contributed by atoms with Crippen molar-refractivity contribution in [1.29, 1.82) is 0 Å². The van der Waals surface area contributed by atoms with Gasteiger partial charge in [-0.1, -0.05) is 56.3 Å². The van der Waals surface area contributed by atoms with Crippen molar-refractivity contribution in [2.45, 2.75) is 45.8 Å². The lowest BCUT2D eigenvalue weighted by molar-refractivity contribution is 0.0951. The largest absolute Gasteiger partial charge is 0.475 e. The summed E-state index contributed by atoms with van der Waals surface area (Å²) in [5.41, 5.74) is 4.86. The highest BCUT2D eigenvalue weighted by Gasteiger charge is 2.26. The van der Waals surface area contributed by atoms with Crippen LogP contribution in [0.3, 0.4) is 0 Å². The Balaban J connectivity index is 1.60. The number of ether oxygens (including phenoxy) is 1. The molecule has 0 saturated carbocycles. The quantitative estimate of drug-likeness (QED) is 0.329. The molecular weight excluding hydrogens is 472 g/mol. The molecule has 190 valence electrons. The Morgan fingerprint density at radius 2 is 1.84 bits per heavy atom. The van der Waals surface area contributed by atoms with Gasteiger partial charge in [-0.2, -0.15) is 0 Å². The Kier molecular flexibility index (Phi) is 6.78. The lowest BCUT2D eigenvalue weighted by Gasteiger charge is -2.16. The Morgan fingerprint density at radius 1 is 1.05 bits per heavy atom. The number of amides is 1. The summed E-state index contributed by atoms with van der Waals surface area (Å²) in [5.74, 6) is -1.46. The van der Waals surface area contributed by atoms with Crippen molar-refractivity contribution in [3.8, 4) is 0 Å². The molecule has 3 aromatic carbocycles. The lowest BCUT2D eigenvalue weighted by Crippen LogP contribution is -2.24. The number of aliphatic imine (C=N–C) groups is 1. The van der Waals surface area contributed by atoms with Crippen LogP contribution >= 0.6 is 0 Å². The number of benzene rings is 3. The fraction of sp³-hybridized carbons (Fsp3) is 0.267. The van der Waals surface area contributed by atoms with E-state index in [0.29, 0.717) is 30.2 Å². The fourth-order valence-corrected chi connectivity index (χ4v) is 4.83. The van der Waals surface area contributed by atoms with Crippen molar-refractivity contribution >= 4 is 22.7 Å². The molecule has 0 fully saturated rings. The molecule has 0 aliphatic carbocycles. The van der Waals surface area contributed by atoms with Gasteiger partial charge in [0.15, 0.2) is 11.6 Å². The fourth-order valence-electron chi connectivity index (χ4n) is 4.83. The maximum absolute atomic E-state index is 13.7. The summed E-state index contributed by atoms with van der Waals surface area (Å²) < 4.78 is 35.0. The molecule has 0 radical (unpaired) electrons. The van der Waals surface area contributed by atoms with Crippen LogP contribution < -0.4 is 5.32 Å². The normalized spacial score (nSPS) is 15.2. The van der Waals surface area contributed by atoms with E-state index in [0.717, 1.165) is 39.9 Å². The molecular formula is C30H29F2N3O2. The van der Waals surface area contributed by atoms with Gasteiger partial charge in [-0.05, 0) is 48.2 Å². The molecule has 5 nitrogen and oxygen atoms in total. The van der Waals surface area contributed by atoms with Crippen LogP contribution in [0.25, 0.3) is 10.9 Å². The number of nitrogens with zero attached hydrogens (tertiary/aromatic N) is 2. The Bertz CT molecular complexity index is 1490. The van der Waals surface area contributed by atoms with Crippen molar-refractivity contribution in [3.63, 3.8) is 0 Å². The van der Waals surface area contributed by atoms with Crippen LogP contribution in [0.15, 0.2) is 71.7 Å². The molecule has 0 bridgehead atoms. The average molecular weight is 502 g/mol. The van der Waals surface area contributed by atoms with Gasteiger partial charge in [0.25, 0.3) is 5.91 Å². The average Bonchev–Trinajstić information content (AvgIpc) is 3.46. The van der Waals surface area contributed by atoms with Crippen molar-refractivity contribution < 1.29 is 18.3 Å². The van der Waals surface area contributed by atoms with Gasteiger partial charge in [-0.15, -0.1) is 0 Å². The van der Waals surface area contributed by atoms with Crippen molar-refractivity contribution in [2.24, 2.45) is 4.99 Å². The van der Waals surface area contributed by atoms with Crippen molar-refractivity contribution in [3.05, 3.63) is 106 Å². The summed E-state index contributed by atoms with van der Waals surface area (Å²) >= 11 is 0. The first-order valence-electron chi connectivity index (χ1n) is 12.4. The molecule has 1 atom stereocenters. The monoisotopic (exact) mass is 501 g/mol. The van der Waals surface area contributed by atoms with Crippen LogP contribution in [-0.2, 0) is 17.8 Å². The van der Waals surface area contributed by atoms with Gasteiger partial charge in [0, 0.05) is 29.7 Å². The second-order valence-corrected chi connectivity index (χ2v) is 9.74. The highest BCUT2D eigenvalue weighted by molar-refractivity contribution is 6.10. The third-order valence-electron chi connectivity index (χ3n) is 6.55. The summed E-state index contributed by atoms with van der Waals surface area (Å²) in [7, 11) is 0. The molecule has 1 amide bonds. The van der Waals surface area contributed by atoms with Gasteiger partial charge in [-0.25, -0.2) is 13.8 Å². The molecule has 0 spiro atoms. The maximum Gasteiger partial charge on any atom is 0.254 e. The van der Waals surface area contributed by atoms with E-state index in [9.17, 15) is 13.6 Å². The Hall–Kier alpha value is -4.00. The first kappa shape index (κ1) is 24.7. The van der Waals surface area contributed by atoms with Crippen LogP contribution in [0.5, 0.6) is 0 Å². The van der Waals surface area contributed by atoms with Gasteiger partial charge in [0.05, 0.1) is 17.1 Å². The molecule has 1 aromatic heterocycles. The summed E-state index contributed by atoms with van der Waals surface area (Å²) in [6, 6.07) is 19.8. The lowest BCUT2D eigenvalue weighted by atomic mass is 10.0. The first-order chi connectivity index (χ1) is 17.8. The standard InChI is InChI=1S/C30H29F2N3O2/c1-18(2)28-27(29(36)33-15-21-9-12-24(31)25(32)13-21)23-11-10-22(30-34-19(3)17-37-30)14-26(23)35(28)16-20-7-5-4-6-8-20/h4-14,18-19H,15-17H2,1-3H3,(H,33,36)/t19-/m1/s1. The number of nitrogens with one attached hydrogen (secondary N) is 1. The minimum Gasteiger partial charge on any atom is -0.475 e. The summed E-state index contributed by atoms with van der Waals surface area (Å²) in [4.78, 5) is 18.2. The minimum atomic E-state index is -0.937. The number of carbonyl (C=O) groups excluding carboxylic acids is 1. The summed E-state index contributed by atoms with van der Waals surface area (Å²) in [6.07, 6.45) is 0. The van der Waals surface area contributed by atoms with E-state index in [2.05, 4.69) is 40.9 Å². The van der Waals surface area contributed by atoms with E-state index in [4.69, 9.17) is 4.74 Å². The Labute approximate surface area is 214 Å². The van der Waals surface area contributed by atoms with Gasteiger partial charge < -0.3 is 14.6 Å². The molecule has 4 aromatic rings. The minimum absolute atomic E-state index is 0.0451. The molecule has 2 heterocycles. The third-order valence-corrected chi connectivity index (χ3v) is 6.55. The number of aromatic nitrogens is 1. The van der Waals surface area contributed by atoms with Crippen LogP contribution in [0.2, 0.25) is 0 Å². The van der Waals surface area contributed by atoms with Crippen molar-refractivity contribution in [1.82, 2.24) is 9.88 Å². The van der Waals surface area contributed by atoms with Crippen LogP contribution in [-0.4, -0.2) is 29.0 Å². The van der Waals surface area contributed by atoms with E-state index in [1.54, 1.807) is 0 Å². The molecule has 5 rings (SSSR count). The zero-order chi connectivity index (χ0) is 26.1. The first-order valence-corrected chi connectivity index (χ1v) is 12.4. The van der Waals surface area contributed by atoms with Crippen LogP contribution in [0.4, 0.5) is 8.78 Å². The smallest absolute Gasteiger partial charge is 0.254 e. The topological polar surface area (TPSA) is 55.6 Å². The molecule has 0 unspecified atom stereocenters. The number of hydrogen-bond donors (Lipinski definition) is 1. The van der Waals surface area contributed by atoms with Crippen LogP contribution in [0, 0.1) is 11.6 Å². The van der Waals surface area contributed by atoms with E-state index >= 15 is 0 Å². The van der Waals surface area contributed by atoms with Gasteiger partial charge in [-0.3, -0.25) is 4.79 Å². The second-order valence-electron chi connectivity index (χ2n) is 9.74. The van der Waals surface area contributed by atoms with Gasteiger partial charge in [0.1, 0.15) is 6.61 Å². The Morgan fingerprint density at radius 3 is 2.51 bits per heavy atom. The van der Waals surface area contributed by atoms with Gasteiger partial charge in [0.2, 0.25) is 5.90 Å². The zero-order valence-corrected chi connectivity index (χ0v) is 21.1. The van der Waals surface area contributed by atoms with E-state index < -0.39 is 11.6 Å². The maximum atomic E-state index is 13.7. The van der Waals surface area contributed by atoms with E-state index in [-0.39, 0.29) is 24.4 Å². The molecule has 1 aliphatic rings. The molecule has 1 aliphatic heterocycles. The number of hydrogen-bond acceptors (Lipinski definition) is 3. The summed E-state index contributed by atoms with van der Waals surface area (Å²) in [6.45, 7) is 7.36. The highest BCUT2D eigenvalue weighted by atomic mass is 19.2. The molecule has 0 saturated heterocycles. The van der Waals surface area contributed by atoms with Gasteiger partial charge >= 0.3 is 0 Å². The third kappa shape index (κ3) is 4.99. The molecule has 37 heavy (non-hydrogen) atoms. The number of fused-ring (bicyclic) bond motifs is 1. The predicted molar refractivity (Wildman–Crippen MR) is 141 cm³/mol. The number of carbonyl (C=O) groups is 1. The summed E-state index contributed by atoms with van der Waals surface area (Å²) in [5, 5.41) is 3.73. The zero-order valence-electron chi connectivity index (χ0n) is 21.1. The number of rotatable bonds is 7. The van der Waals surface area contributed by atoms with E-state index in [1.807, 2.05) is 43.3 Å². The van der Waals surface area contributed by atoms with Crippen LogP contribution in [0.1, 0.15) is 59.4 Å². The second kappa shape index (κ2) is 10.2. The SMILES string of the molecule is CC(C)c1c(C(=O)NCc2ccc(F)c(F)c2)c2ccc(C3=N[C@H](C)CO3)cc2n1Cc1ccccc1.